The average Bonchev–Trinajstić information content (AvgIpc) is 2.28. The van der Waals surface area contributed by atoms with Crippen LogP contribution in [0, 0.1) is 0 Å². The summed E-state index contributed by atoms with van der Waals surface area (Å²) in [6.45, 7) is 3.34. The number of halogens is 3. The summed E-state index contributed by atoms with van der Waals surface area (Å²) in [7, 11) is 0. The molecule has 1 amide bonds. The molecule has 94 valence electrons. The number of hydrogen-bond acceptors (Lipinski definition) is 1. The molecule has 0 fully saturated rings. The van der Waals surface area contributed by atoms with Gasteiger partial charge in [-0.1, -0.05) is 19.1 Å². The SMILES string of the molecule is CCC(=O)N[C@H](C)c1cccc(C(F)(F)F)c1. The Labute approximate surface area is 97.8 Å². The molecule has 5 heteroatoms. The number of carbonyl (C=O) groups is 1. The zero-order valence-corrected chi connectivity index (χ0v) is 9.64. The van der Waals surface area contributed by atoms with E-state index in [9.17, 15) is 18.0 Å². The molecule has 1 aromatic carbocycles. The molecule has 0 heterocycles. The van der Waals surface area contributed by atoms with Crippen molar-refractivity contribution in [3.63, 3.8) is 0 Å². The summed E-state index contributed by atoms with van der Waals surface area (Å²) < 4.78 is 37.4. The average molecular weight is 245 g/mol. The van der Waals surface area contributed by atoms with Gasteiger partial charge in [-0.05, 0) is 24.6 Å². The van der Waals surface area contributed by atoms with Crippen molar-refractivity contribution in [3.8, 4) is 0 Å². The molecule has 1 N–H and O–H groups in total. The predicted molar refractivity (Wildman–Crippen MR) is 58.3 cm³/mol. The van der Waals surface area contributed by atoms with Crippen LogP contribution in [0.4, 0.5) is 13.2 Å². The molecule has 2 nitrogen and oxygen atoms in total. The van der Waals surface area contributed by atoms with Crippen molar-refractivity contribution in [1.29, 1.82) is 0 Å². The van der Waals surface area contributed by atoms with Crippen molar-refractivity contribution in [1.82, 2.24) is 5.32 Å². The van der Waals surface area contributed by atoms with Crippen LogP contribution < -0.4 is 5.32 Å². The first kappa shape index (κ1) is 13.5. The highest BCUT2D eigenvalue weighted by atomic mass is 19.4. The summed E-state index contributed by atoms with van der Waals surface area (Å²) in [6.07, 6.45) is -4.05. The van der Waals surface area contributed by atoms with Crippen molar-refractivity contribution in [2.24, 2.45) is 0 Å². The van der Waals surface area contributed by atoms with Crippen LogP contribution in [0.2, 0.25) is 0 Å². The summed E-state index contributed by atoms with van der Waals surface area (Å²) >= 11 is 0. The standard InChI is InChI=1S/C12H14F3NO/c1-3-11(17)16-8(2)9-5-4-6-10(7-9)12(13,14)15/h4-8H,3H2,1-2H3,(H,16,17)/t8-/m1/s1. The zero-order chi connectivity index (χ0) is 13.1. The Kier molecular flexibility index (Phi) is 4.15. The van der Waals surface area contributed by atoms with Gasteiger partial charge in [0.25, 0.3) is 0 Å². The lowest BCUT2D eigenvalue weighted by molar-refractivity contribution is -0.137. The minimum Gasteiger partial charge on any atom is -0.350 e. The first-order chi connectivity index (χ1) is 7.84. The van der Waals surface area contributed by atoms with Crippen molar-refractivity contribution < 1.29 is 18.0 Å². The molecular weight excluding hydrogens is 231 g/mol. The Morgan fingerprint density at radius 1 is 1.41 bits per heavy atom. The Morgan fingerprint density at radius 2 is 2.06 bits per heavy atom. The van der Waals surface area contributed by atoms with E-state index in [0.29, 0.717) is 12.0 Å². The Morgan fingerprint density at radius 3 is 2.59 bits per heavy atom. The number of hydrogen-bond donors (Lipinski definition) is 1. The number of rotatable bonds is 3. The normalized spacial score (nSPS) is 13.2. The van der Waals surface area contributed by atoms with Crippen molar-refractivity contribution >= 4 is 5.91 Å². The van der Waals surface area contributed by atoms with Crippen molar-refractivity contribution in [2.45, 2.75) is 32.5 Å². The second-order valence-electron chi connectivity index (χ2n) is 3.77. The third-order valence-electron chi connectivity index (χ3n) is 2.41. The fourth-order valence-corrected chi connectivity index (χ4v) is 1.41. The Balaban J connectivity index is 2.88. The maximum absolute atomic E-state index is 12.5. The molecule has 0 aliphatic rings. The lowest BCUT2D eigenvalue weighted by Crippen LogP contribution is -2.25. The number of alkyl halides is 3. The van der Waals surface area contributed by atoms with Crippen LogP contribution in [-0.2, 0) is 11.0 Å². The molecule has 0 saturated carbocycles. The van der Waals surface area contributed by atoms with Gasteiger partial charge in [0.2, 0.25) is 5.91 Å². The van der Waals surface area contributed by atoms with E-state index >= 15 is 0 Å². The molecule has 0 aliphatic carbocycles. The second kappa shape index (κ2) is 5.21. The van der Waals surface area contributed by atoms with Crippen LogP contribution in [-0.4, -0.2) is 5.91 Å². The summed E-state index contributed by atoms with van der Waals surface area (Å²) in [5.41, 5.74) is -0.255. The van der Waals surface area contributed by atoms with Gasteiger partial charge in [-0.2, -0.15) is 13.2 Å². The lowest BCUT2D eigenvalue weighted by Gasteiger charge is -2.15. The summed E-state index contributed by atoms with van der Waals surface area (Å²) in [5, 5.41) is 2.62. The topological polar surface area (TPSA) is 29.1 Å². The Hall–Kier alpha value is -1.52. The van der Waals surface area contributed by atoms with Crippen molar-refractivity contribution in [2.75, 3.05) is 0 Å². The molecule has 0 saturated heterocycles. The molecule has 1 aromatic rings. The molecule has 0 bridgehead atoms. The summed E-state index contributed by atoms with van der Waals surface area (Å²) in [6, 6.07) is 4.55. The monoisotopic (exact) mass is 245 g/mol. The van der Waals surface area contributed by atoms with Crippen LogP contribution in [0.15, 0.2) is 24.3 Å². The fraction of sp³-hybridized carbons (Fsp3) is 0.417. The van der Waals surface area contributed by atoms with Gasteiger partial charge >= 0.3 is 6.18 Å². The first-order valence-electron chi connectivity index (χ1n) is 5.31. The maximum Gasteiger partial charge on any atom is 0.416 e. The van der Waals surface area contributed by atoms with Gasteiger partial charge in [-0.25, -0.2) is 0 Å². The van der Waals surface area contributed by atoms with E-state index in [0.717, 1.165) is 12.1 Å². The number of nitrogens with one attached hydrogen (secondary N) is 1. The van der Waals surface area contributed by atoms with Crippen LogP contribution >= 0.6 is 0 Å². The molecule has 1 rings (SSSR count). The molecule has 0 radical (unpaired) electrons. The summed E-state index contributed by atoms with van der Waals surface area (Å²) in [5.74, 6) is -0.185. The minimum atomic E-state index is -4.36. The molecule has 0 aliphatic heterocycles. The Bertz CT molecular complexity index is 401. The highest BCUT2D eigenvalue weighted by Gasteiger charge is 2.30. The number of amides is 1. The molecule has 17 heavy (non-hydrogen) atoms. The lowest BCUT2D eigenvalue weighted by atomic mass is 10.0. The third kappa shape index (κ3) is 3.76. The van der Waals surface area contributed by atoms with E-state index in [1.165, 1.54) is 6.07 Å². The minimum absolute atomic E-state index is 0.185. The molecule has 0 spiro atoms. The summed E-state index contributed by atoms with van der Waals surface area (Å²) in [4.78, 5) is 11.1. The van der Waals surface area contributed by atoms with Crippen LogP contribution in [0.25, 0.3) is 0 Å². The van der Waals surface area contributed by atoms with E-state index < -0.39 is 17.8 Å². The molecule has 0 aromatic heterocycles. The molecule has 1 atom stereocenters. The van der Waals surface area contributed by atoms with Gasteiger partial charge in [0, 0.05) is 6.42 Å². The second-order valence-corrected chi connectivity index (χ2v) is 3.77. The van der Waals surface area contributed by atoms with Crippen LogP contribution in [0.5, 0.6) is 0 Å². The van der Waals surface area contributed by atoms with E-state index in [2.05, 4.69) is 5.32 Å². The van der Waals surface area contributed by atoms with Gasteiger partial charge in [0.1, 0.15) is 0 Å². The van der Waals surface area contributed by atoms with E-state index in [1.807, 2.05) is 0 Å². The van der Waals surface area contributed by atoms with Gasteiger partial charge < -0.3 is 5.32 Å². The van der Waals surface area contributed by atoms with Gasteiger partial charge in [-0.15, -0.1) is 0 Å². The van der Waals surface area contributed by atoms with Gasteiger partial charge in [0.15, 0.2) is 0 Å². The predicted octanol–water partition coefficient (Wildman–Crippen LogP) is 3.29. The third-order valence-corrected chi connectivity index (χ3v) is 2.41. The smallest absolute Gasteiger partial charge is 0.350 e. The van der Waals surface area contributed by atoms with E-state index in [1.54, 1.807) is 19.9 Å². The van der Waals surface area contributed by atoms with Gasteiger partial charge in [-0.3, -0.25) is 4.79 Å². The molecule has 0 unspecified atom stereocenters. The highest BCUT2D eigenvalue weighted by Crippen LogP contribution is 2.30. The zero-order valence-electron chi connectivity index (χ0n) is 9.64. The van der Waals surface area contributed by atoms with Crippen LogP contribution in [0.1, 0.15) is 37.4 Å². The maximum atomic E-state index is 12.5. The quantitative estimate of drug-likeness (QED) is 0.869. The number of benzene rings is 1. The van der Waals surface area contributed by atoms with E-state index in [4.69, 9.17) is 0 Å². The van der Waals surface area contributed by atoms with Gasteiger partial charge in [0.05, 0.1) is 11.6 Å². The van der Waals surface area contributed by atoms with E-state index in [-0.39, 0.29) is 5.91 Å². The van der Waals surface area contributed by atoms with Crippen molar-refractivity contribution in [3.05, 3.63) is 35.4 Å². The fourth-order valence-electron chi connectivity index (χ4n) is 1.41. The highest BCUT2D eigenvalue weighted by molar-refractivity contribution is 5.76. The first-order valence-corrected chi connectivity index (χ1v) is 5.31. The van der Waals surface area contributed by atoms with Crippen LogP contribution in [0.3, 0.4) is 0 Å². The molecular formula is C12H14F3NO. The largest absolute Gasteiger partial charge is 0.416 e. The number of carbonyl (C=O) groups excluding carboxylic acids is 1.